The number of benzene rings is 7. The van der Waals surface area contributed by atoms with E-state index in [1.54, 1.807) is 0 Å². The first-order valence-electron chi connectivity index (χ1n) is 16.0. The number of thiophene rings is 1. The van der Waals surface area contributed by atoms with Crippen LogP contribution in [-0.4, -0.2) is 6.71 Å². The van der Waals surface area contributed by atoms with Crippen molar-refractivity contribution in [1.82, 2.24) is 0 Å². The van der Waals surface area contributed by atoms with Gasteiger partial charge in [-0.25, -0.2) is 0 Å². The Morgan fingerprint density at radius 2 is 0.830 bits per heavy atom. The van der Waals surface area contributed by atoms with Gasteiger partial charge in [0.15, 0.2) is 0 Å². The molecule has 0 aliphatic carbocycles. The highest BCUT2D eigenvalue weighted by atomic mass is 32.1. The largest absolute Gasteiger partial charge is 0.311 e. The van der Waals surface area contributed by atoms with Crippen molar-refractivity contribution in [2.24, 2.45) is 0 Å². The molecule has 0 unspecified atom stereocenters. The van der Waals surface area contributed by atoms with Crippen molar-refractivity contribution in [2.45, 2.75) is 0 Å². The Morgan fingerprint density at radius 3 is 1.40 bits per heavy atom. The van der Waals surface area contributed by atoms with E-state index in [1.165, 1.54) is 47.7 Å². The molecule has 0 aliphatic rings. The van der Waals surface area contributed by atoms with Gasteiger partial charge in [0.1, 0.15) is 0 Å². The molecule has 0 N–H and O–H groups in total. The Bertz CT molecular complexity index is 2200. The van der Waals surface area contributed by atoms with E-state index in [4.69, 9.17) is 0 Å². The fourth-order valence-electron chi connectivity index (χ4n) is 6.49. The second kappa shape index (κ2) is 13.0. The van der Waals surface area contributed by atoms with Gasteiger partial charge in [-0.3, -0.25) is 0 Å². The smallest absolute Gasteiger partial charge is 0.241 e. The molecule has 47 heavy (non-hydrogen) atoms. The Balaban J connectivity index is 1.07. The van der Waals surface area contributed by atoms with Crippen molar-refractivity contribution in [2.75, 3.05) is 4.90 Å². The maximum absolute atomic E-state index is 2.40. The number of para-hydroxylation sites is 2. The zero-order chi connectivity index (χ0) is 31.4. The van der Waals surface area contributed by atoms with E-state index in [1.807, 2.05) is 11.3 Å². The van der Waals surface area contributed by atoms with Crippen LogP contribution in [0.15, 0.2) is 182 Å². The van der Waals surface area contributed by atoms with Crippen LogP contribution in [0, 0.1) is 0 Å². The van der Waals surface area contributed by atoms with Crippen LogP contribution in [0.1, 0.15) is 11.1 Å². The van der Waals surface area contributed by atoms with Crippen molar-refractivity contribution in [3.05, 3.63) is 193 Å². The molecule has 0 aliphatic heterocycles. The van der Waals surface area contributed by atoms with Crippen molar-refractivity contribution in [3.63, 3.8) is 0 Å². The summed E-state index contributed by atoms with van der Waals surface area (Å²) >= 11 is 1.88. The molecule has 8 rings (SSSR count). The number of fused-ring (bicyclic) bond motifs is 3. The van der Waals surface area contributed by atoms with Crippen molar-refractivity contribution in [3.8, 4) is 0 Å². The van der Waals surface area contributed by atoms with Gasteiger partial charge >= 0.3 is 0 Å². The Hall–Kier alpha value is -5.64. The Morgan fingerprint density at radius 1 is 0.383 bits per heavy atom. The topological polar surface area (TPSA) is 3.24 Å². The number of hydrogen-bond donors (Lipinski definition) is 0. The molecule has 8 aromatic rings. The fraction of sp³-hybridized carbons (Fsp3) is 0. The lowest BCUT2D eigenvalue weighted by molar-refractivity contribution is 1.28. The molecule has 0 amide bonds. The van der Waals surface area contributed by atoms with E-state index in [9.17, 15) is 0 Å². The van der Waals surface area contributed by atoms with Gasteiger partial charge in [0.25, 0.3) is 0 Å². The molecule has 222 valence electrons. The van der Waals surface area contributed by atoms with Gasteiger partial charge in [-0.15, -0.1) is 11.3 Å². The summed E-state index contributed by atoms with van der Waals surface area (Å²) in [5.41, 5.74) is 9.73. The van der Waals surface area contributed by atoms with E-state index in [0.717, 1.165) is 17.1 Å². The number of hydrogen-bond acceptors (Lipinski definition) is 2. The third-order valence-electron chi connectivity index (χ3n) is 8.77. The average molecular weight is 618 g/mol. The highest BCUT2D eigenvalue weighted by molar-refractivity contribution is 7.26. The fourth-order valence-corrected chi connectivity index (χ4v) is 7.69. The minimum atomic E-state index is 0.198. The van der Waals surface area contributed by atoms with Gasteiger partial charge in [-0.2, -0.15) is 0 Å². The highest BCUT2D eigenvalue weighted by Crippen LogP contribution is 2.36. The third-order valence-corrected chi connectivity index (χ3v) is 9.88. The molecule has 0 fully saturated rings. The van der Waals surface area contributed by atoms with Crippen LogP contribution in [0.4, 0.5) is 17.1 Å². The summed E-state index contributed by atoms with van der Waals surface area (Å²) in [7, 11) is 0. The van der Waals surface area contributed by atoms with Crippen LogP contribution < -0.4 is 21.3 Å². The first-order chi connectivity index (χ1) is 23.3. The highest BCUT2D eigenvalue weighted by Gasteiger charge is 2.22. The standard InChI is InChI=1S/C44H32BNS/c1-5-13-35(14-6-1)45(36-15-7-2-8-16-36)37-26-30-42-41-29-25-34(31-43(41)47-44(42)32-37)22-21-33-23-27-40(28-24-33)46(38-17-9-3-10-18-38)39-19-11-4-12-20-39/h1-32H. The van der Waals surface area contributed by atoms with Gasteiger partial charge in [-0.1, -0.05) is 162 Å². The summed E-state index contributed by atoms with van der Waals surface area (Å²) in [6.07, 6.45) is 4.42. The van der Waals surface area contributed by atoms with Crippen LogP contribution in [0.3, 0.4) is 0 Å². The van der Waals surface area contributed by atoms with Crippen molar-refractivity contribution >= 4 is 83.8 Å². The molecule has 0 saturated heterocycles. The van der Waals surface area contributed by atoms with Crippen LogP contribution in [0.2, 0.25) is 0 Å². The second-order valence-electron chi connectivity index (χ2n) is 11.8. The zero-order valence-electron chi connectivity index (χ0n) is 25.9. The van der Waals surface area contributed by atoms with Gasteiger partial charge in [0.05, 0.1) is 0 Å². The monoisotopic (exact) mass is 617 g/mol. The molecule has 1 heterocycles. The summed E-state index contributed by atoms with van der Waals surface area (Å²) in [6.45, 7) is 0.198. The minimum absolute atomic E-state index is 0.198. The summed E-state index contributed by atoms with van der Waals surface area (Å²) in [5, 5.41) is 2.64. The summed E-state index contributed by atoms with van der Waals surface area (Å²) in [6, 6.07) is 65.4. The number of anilines is 3. The van der Waals surface area contributed by atoms with Crippen molar-refractivity contribution < 1.29 is 0 Å². The molecule has 0 radical (unpaired) electrons. The molecular formula is C44H32BNS. The third kappa shape index (κ3) is 6.02. The quantitative estimate of drug-likeness (QED) is 0.121. The normalized spacial score (nSPS) is 11.3. The van der Waals surface area contributed by atoms with Crippen LogP contribution in [0.25, 0.3) is 32.3 Å². The summed E-state index contributed by atoms with van der Waals surface area (Å²) < 4.78 is 2.64. The van der Waals surface area contributed by atoms with Crippen LogP contribution in [0.5, 0.6) is 0 Å². The van der Waals surface area contributed by atoms with Gasteiger partial charge in [0.2, 0.25) is 6.71 Å². The van der Waals surface area contributed by atoms with Crippen molar-refractivity contribution in [1.29, 1.82) is 0 Å². The summed E-state index contributed by atoms with van der Waals surface area (Å²) in [5.74, 6) is 0. The second-order valence-corrected chi connectivity index (χ2v) is 12.9. The van der Waals surface area contributed by atoms with Gasteiger partial charge in [-0.05, 0) is 59.7 Å². The summed E-state index contributed by atoms with van der Waals surface area (Å²) in [4.78, 5) is 2.29. The number of rotatable bonds is 8. The van der Waals surface area contributed by atoms with E-state index < -0.39 is 0 Å². The SMILES string of the molecule is C(=Cc1ccc2c(c1)sc1cc(B(c3ccccc3)c3ccccc3)ccc12)c1ccc(N(c2ccccc2)c2ccccc2)cc1. The predicted molar refractivity (Wildman–Crippen MR) is 207 cm³/mol. The molecule has 7 aromatic carbocycles. The molecule has 0 spiro atoms. The number of nitrogens with zero attached hydrogens (tertiary/aromatic N) is 1. The lowest BCUT2D eigenvalue weighted by atomic mass is 9.37. The molecule has 0 bridgehead atoms. The maximum Gasteiger partial charge on any atom is 0.241 e. The predicted octanol–water partition coefficient (Wildman–Crippen LogP) is 10.2. The first kappa shape index (κ1) is 28.8. The zero-order valence-corrected chi connectivity index (χ0v) is 26.7. The van der Waals surface area contributed by atoms with E-state index in [0.29, 0.717) is 0 Å². The Labute approximate surface area is 280 Å². The van der Waals surface area contributed by atoms with Crippen LogP contribution in [-0.2, 0) is 0 Å². The van der Waals surface area contributed by atoms with Gasteiger partial charge < -0.3 is 4.90 Å². The lowest BCUT2D eigenvalue weighted by Crippen LogP contribution is -2.51. The minimum Gasteiger partial charge on any atom is -0.311 e. The molecule has 0 atom stereocenters. The van der Waals surface area contributed by atoms with E-state index >= 15 is 0 Å². The van der Waals surface area contributed by atoms with E-state index in [2.05, 4.69) is 199 Å². The molecule has 3 heteroatoms. The van der Waals surface area contributed by atoms with Gasteiger partial charge in [0, 0.05) is 37.2 Å². The van der Waals surface area contributed by atoms with E-state index in [-0.39, 0.29) is 6.71 Å². The average Bonchev–Trinajstić information content (AvgIpc) is 3.50. The molecule has 0 saturated carbocycles. The molecule has 1 aromatic heterocycles. The lowest BCUT2D eigenvalue weighted by Gasteiger charge is -2.25. The molecule has 1 nitrogen and oxygen atoms in total. The van der Waals surface area contributed by atoms with Crippen LogP contribution >= 0.6 is 11.3 Å². The maximum atomic E-state index is 2.40. The first-order valence-corrected chi connectivity index (χ1v) is 16.9. The molecular weight excluding hydrogens is 585 g/mol. The Kier molecular flexibility index (Phi) is 7.97.